The summed E-state index contributed by atoms with van der Waals surface area (Å²) in [6, 6.07) is 8.45. The molecular weight excluding hydrogens is 270 g/mol. The summed E-state index contributed by atoms with van der Waals surface area (Å²) in [6.07, 6.45) is -0.391. The molecule has 0 amide bonds. The van der Waals surface area contributed by atoms with E-state index in [-0.39, 0.29) is 12.1 Å². The molecule has 88 valence electrons. The molecule has 3 atom stereocenters. The summed E-state index contributed by atoms with van der Waals surface area (Å²) in [4.78, 5) is 0. The molecule has 1 fully saturated rings. The summed E-state index contributed by atoms with van der Waals surface area (Å²) in [5.41, 5.74) is 1.21. The van der Waals surface area contributed by atoms with Crippen LogP contribution < -0.4 is 5.32 Å². The predicted molar refractivity (Wildman–Crippen MR) is 66.3 cm³/mol. The number of aliphatic hydroxyl groups is 1. The third-order valence-corrected chi connectivity index (χ3v) is 3.41. The fourth-order valence-electron chi connectivity index (χ4n) is 1.87. The fraction of sp³-hybridized carbons (Fsp3) is 0.500. The number of nitrogens with one attached hydrogen (secondary N) is 1. The molecule has 1 aliphatic rings. The van der Waals surface area contributed by atoms with Crippen molar-refractivity contribution in [2.75, 3.05) is 13.2 Å². The summed E-state index contributed by atoms with van der Waals surface area (Å²) in [5.74, 6) is 0. The minimum atomic E-state index is -0.391. The number of rotatable bonds is 3. The van der Waals surface area contributed by atoms with Crippen molar-refractivity contribution in [3.63, 3.8) is 0 Å². The number of hydrogen-bond donors (Lipinski definition) is 2. The van der Waals surface area contributed by atoms with Crippen molar-refractivity contribution in [3.05, 3.63) is 34.3 Å². The van der Waals surface area contributed by atoms with E-state index in [4.69, 9.17) is 4.74 Å². The summed E-state index contributed by atoms with van der Waals surface area (Å²) in [6.45, 7) is 3.11. The number of ether oxygens (including phenoxy) is 1. The Morgan fingerprint density at radius 1 is 1.38 bits per heavy atom. The van der Waals surface area contributed by atoms with Gasteiger partial charge in [-0.2, -0.15) is 0 Å². The van der Waals surface area contributed by atoms with Crippen molar-refractivity contribution in [3.8, 4) is 0 Å². The number of benzene rings is 1. The van der Waals surface area contributed by atoms with Gasteiger partial charge in [0.2, 0.25) is 0 Å². The molecule has 0 spiro atoms. The Balaban J connectivity index is 1.97. The van der Waals surface area contributed by atoms with E-state index in [1.54, 1.807) is 0 Å². The Kier molecular flexibility index (Phi) is 3.97. The van der Waals surface area contributed by atoms with E-state index in [9.17, 15) is 5.11 Å². The van der Waals surface area contributed by atoms with Crippen molar-refractivity contribution in [1.82, 2.24) is 5.32 Å². The largest absolute Gasteiger partial charge is 0.389 e. The molecule has 16 heavy (non-hydrogen) atoms. The second-order valence-electron chi connectivity index (χ2n) is 4.15. The molecule has 2 rings (SSSR count). The monoisotopic (exact) mass is 285 g/mol. The van der Waals surface area contributed by atoms with Gasteiger partial charge >= 0.3 is 0 Å². The summed E-state index contributed by atoms with van der Waals surface area (Å²) < 4.78 is 6.28. The van der Waals surface area contributed by atoms with Crippen LogP contribution in [0.4, 0.5) is 0 Å². The summed E-state index contributed by atoms with van der Waals surface area (Å²) in [5, 5.41) is 13.0. The van der Waals surface area contributed by atoms with Crippen molar-refractivity contribution in [2.45, 2.75) is 25.1 Å². The Hall–Kier alpha value is -0.420. The Morgan fingerprint density at radius 2 is 2.06 bits per heavy atom. The maximum absolute atomic E-state index is 9.63. The zero-order valence-corrected chi connectivity index (χ0v) is 10.8. The van der Waals surface area contributed by atoms with Crippen LogP contribution in [0.15, 0.2) is 28.7 Å². The van der Waals surface area contributed by atoms with Gasteiger partial charge in [0, 0.05) is 10.5 Å². The molecule has 1 heterocycles. The maximum Gasteiger partial charge on any atom is 0.0948 e. The van der Waals surface area contributed by atoms with Gasteiger partial charge < -0.3 is 15.2 Å². The van der Waals surface area contributed by atoms with Crippen LogP contribution >= 0.6 is 15.9 Å². The van der Waals surface area contributed by atoms with Gasteiger partial charge in [-0.1, -0.05) is 28.1 Å². The zero-order chi connectivity index (χ0) is 11.5. The Labute approximate surface area is 104 Å². The smallest absolute Gasteiger partial charge is 0.0948 e. The summed E-state index contributed by atoms with van der Waals surface area (Å²) in [7, 11) is 0. The molecule has 1 aromatic carbocycles. The van der Waals surface area contributed by atoms with Crippen LogP contribution in [0.3, 0.4) is 0 Å². The normalized spacial score (nSPS) is 26.9. The third kappa shape index (κ3) is 2.83. The zero-order valence-electron chi connectivity index (χ0n) is 9.19. The second kappa shape index (κ2) is 5.27. The van der Waals surface area contributed by atoms with Crippen LogP contribution in [0.5, 0.6) is 0 Å². The van der Waals surface area contributed by atoms with E-state index in [0.29, 0.717) is 13.2 Å². The molecule has 0 saturated carbocycles. The van der Waals surface area contributed by atoms with E-state index in [1.165, 1.54) is 5.56 Å². The summed E-state index contributed by atoms with van der Waals surface area (Å²) >= 11 is 3.41. The van der Waals surface area contributed by atoms with Crippen LogP contribution in [0.25, 0.3) is 0 Å². The molecule has 4 heteroatoms. The van der Waals surface area contributed by atoms with Crippen LogP contribution in [-0.2, 0) is 4.74 Å². The lowest BCUT2D eigenvalue weighted by Gasteiger charge is -2.21. The van der Waals surface area contributed by atoms with Gasteiger partial charge in [0.25, 0.3) is 0 Å². The van der Waals surface area contributed by atoms with Crippen molar-refractivity contribution in [1.29, 1.82) is 0 Å². The van der Waals surface area contributed by atoms with Gasteiger partial charge in [0.1, 0.15) is 0 Å². The van der Waals surface area contributed by atoms with E-state index in [1.807, 2.05) is 12.1 Å². The van der Waals surface area contributed by atoms with Crippen molar-refractivity contribution < 1.29 is 9.84 Å². The highest BCUT2D eigenvalue weighted by Gasteiger charge is 2.27. The number of halogens is 1. The molecule has 2 N–H and O–H groups in total. The van der Waals surface area contributed by atoms with Crippen LogP contribution in [0.2, 0.25) is 0 Å². The maximum atomic E-state index is 9.63. The highest BCUT2D eigenvalue weighted by molar-refractivity contribution is 9.10. The average molecular weight is 286 g/mol. The average Bonchev–Trinajstić information content (AvgIpc) is 2.65. The van der Waals surface area contributed by atoms with Crippen molar-refractivity contribution >= 4 is 15.9 Å². The molecule has 1 aromatic rings. The van der Waals surface area contributed by atoms with Crippen LogP contribution in [0, 0.1) is 0 Å². The van der Waals surface area contributed by atoms with Gasteiger partial charge in [-0.15, -0.1) is 0 Å². The molecule has 1 aliphatic heterocycles. The first-order valence-electron chi connectivity index (χ1n) is 5.44. The first-order valence-corrected chi connectivity index (χ1v) is 6.23. The first-order chi connectivity index (χ1) is 7.66. The molecule has 3 nitrogen and oxygen atoms in total. The molecule has 1 saturated heterocycles. The van der Waals surface area contributed by atoms with E-state index in [0.717, 1.165) is 4.47 Å². The van der Waals surface area contributed by atoms with Crippen LogP contribution in [-0.4, -0.2) is 30.5 Å². The predicted octanol–water partition coefficient (Wildman–Crippen LogP) is 1.86. The van der Waals surface area contributed by atoms with Gasteiger partial charge in [-0.25, -0.2) is 0 Å². The number of hydrogen-bond acceptors (Lipinski definition) is 3. The SMILES string of the molecule is CC(NC1COCC1O)c1ccc(Br)cc1. The first kappa shape index (κ1) is 12.0. The second-order valence-corrected chi connectivity index (χ2v) is 5.07. The highest BCUT2D eigenvalue weighted by Crippen LogP contribution is 2.18. The minimum Gasteiger partial charge on any atom is -0.389 e. The topological polar surface area (TPSA) is 41.5 Å². The van der Waals surface area contributed by atoms with Crippen LogP contribution in [0.1, 0.15) is 18.5 Å². The standard InChI is InChI=1S/C12H16BrNO2/c1-8(9-2-4-10(13)5-3-9)14-11-6-16-7-12(11)15/h2-5,8,11-12,14-15H,6-7H2,1H3. The minimum absolute atomic E-state index is 0.0404. The Bertz CT molecular complexity index is 341. The lowest BCUT2D eigenvalue weighted by Crippen LogP contribution is -2.40. The Morgan fingerprint density at radius 3 is 2.62 bits per heavy atom. The van der Waals surface area contributed by atoms with Gasteiger partial charge in [0.05, 0.1) is 25.4 Å². The third-order valence-electron chi connectivity index (χ3n) is 2.88. The van der Waals surface area contributed by atoms with E-state index < -0.39 is 6.10 Å². The molecule has 0 aromatic heterocycles. The van der Waals surface area contributed by atoms with Gasteiger partial charge in [0.15, 0.2) is 0 Å². The number of aliphatic hydroxyl groups excluding tert-OH is 1. The van der Waals surface area contributed by atoms with Gasteiger partial charge in [-0.05, 0) is 24.6 Å². The van der Waals surface area contributed by atoms with Crippen molar-refractivity contribution in [2.24, 2.45) is 0 Å². The molecular formula is C12H16BrNO2. The molecule has 0 radical (unpaired) electrons. The molecule has 3 unspecified atom stereocenters. The highest BCUT2D eigenvalue weighted by atomic mass is 79.9. The lowest BCUT2D eigenvalue weighted by molar-refractivity contribution is 0.121. The van der Waals surface area contributed by atoms with Gasteiger partial charge in [-0.3, -0.25) is 0 Å². The fourth-order valence-corrected chi connectivity index (χ4v) is 2.14. The van der Waals surface area contributed by atoms with E-state index in [2.05, 4.69) is 40.3 Å². The van der Waals surface area contributed by atoms with E-state index >= 15 is 0 Å². The molecule has 0 aliphatic carbocycles. The lowest BCUT2D eigenvalue weighted by atomic mass is 10.1. The quantitative estimate of drug-likeness (QED) is 0.891. The molecule has 0 bridgehead atoms.